The molecule has 4 atom stereocenters. The maximum absolute atomic E-state index is 13.0. The van der Waals surface area contributed by atoms with E-state index in [4.69, 9.17) is 4.74 Å². The minimum Gasteiger partial charge on any atom is -0.457 e. The third-order valence-corrected chi connectivity index (χ3v) is 7.87. The third-order valence-electron chi connectivity index (χ3n) is 7.87. The Bertz CT molecular complexity index is 892. The number of carbonyl (C=O) groups excluding carboxylic acids is 4. The summed E-state index contributed by atoms with van der Waals surface area (Å²) in [6.07, 6.45) is 5.41. The van der Waals surface area contributed by atoms with E-state index in [2.05, 4.69) is 0 Å². The largest absolute Gasteiger partial charge is 0.457 e. The number of ether oxygens (including phenoxy) is 1. The summed E-state index contributed by atoms with van der Waals surface area (Å²) in [5.74, 6) is -1.01. The lowest BCUT2D eigenvalue weighted by Gasteiger charge is -2.33. The molecule has 0 unspecified atom stereocenters. The van der Waals surface area contributed by atoms with E-state index >= 15 is 0 Å². The maximum Gasteiger partial charge on any atom is 0.309 e. The highest BCUT2D eigenvalue weighted by molar-refractivity contribution is 6.06. The molecule has 164 valence electrons. The monoisotopic (exact) mass is 427 g/mol. The highest BCUT2D eigenvalue weighted by atomic mass is 19.1. The van der Waals surface area contributed by atoms with Gasteiger partial charge < -0.3 is 4.74 Å². The summed E-state index contributed by atoms with van der Waals surface area (Å²) in [4.78, 5) is 52.0. The first-order valence-electron chi connectivity index (χ1n) is 11.3. The van der Waals surface area contributed by atoms with Crippen LogP contribution in [-0.2, 0) is 19.1 Å². The molecule has 0 radical (unpaired) electrons. The van der Waals surface area contributed by atoms with E-state index in [0.29, 0.717) is 43.1 Å². The van der Waals surface area contributed by atoms with Crippen molar-refractivity contribution in [3.63, 3.8) is 0 Å². The molecule has 4 fully saturated rings. The molecule has 0 spiro atoms. The van der Waals surface area contributed by atoms with Crippen molar-refractivity contribution >= 4 is 23.6 Å². The van der Waals surface area contributed by atoms with Gasteiger partial charge in [0.2, 0.25) is 11.8 Å². The van der Waals surface area contributed by atoms with Crippen LogP contribution in [0.15, 0.2) is 24.3 Å². The Morgan fingerprint density at radius 3 is 2.06 bits per heavy atom. The summed E-state index contributed by atoms with van der Waals surface area (Å²) in [6, 6.07) is 4.98. The van der Waals surface area contributed by atoms with Gasteiger partial charge in [0.1, 0.15) is 5.82 Å². The second-order valence-corrected chi connectivity index (χ2v) is 9.47. The molecular weight excluding hydrogens is 401 g/mol. The minimum atomic E-state index is -0.434. The van der Waals surface area contributed by atoms with Crippen LogP contribution in [0.1, 0.15) is 55.3 Å². The fourth-order valence-electron chi connectivity index (χ4n) is 6.34. The quantitative estimate of drug-likeness (QED) is 0.410. The molecule has 2 bridgehead atoms. The summed E-state index contributed by atoms with van der Waals surface area (Å²) in [7, 11) is 0. The Morgan fingerprint density at radius 1 is 0.903 bits per heavy atom. The van der Waals surface area contributed by atoms with E-state index in [1.54, 1.807) is 0 Å². The Morgan fingerprint density at radius 2 is 1.48 bits per heavy atom. The number of fused-ring (bicyclic) bond motifs is 5. The molecule has 3 saturated carbocycles. The van der Waals surface area contributed by atoms with Crippen LogP contribution in [0.5, 0.6) is 0 Å². The van der Waals surface area contributed by atoms with E-state index < -0.39 is 11.8 Å². The van der Waals surface area contributed by atoms with Gasteiger partial charge in [-0.2, -0.15) is 0 Å². The van der Waals surface area contributed by atoms with Gasteiger partial charge in [0, 0.05) is 11.6 Å². The van der Waals surface area contributed by atoms with E-state index in [9.17, 15) is 23.6 Å². The molecular formula is C24H26FNO5. The normalized spacial score (nSPS) is 34.2. The summed E-state index contributed by atoms with van der Waals surface area (Å²) in [5, 5.41) is 0. The fourth-order valence-corrected chi connectivity index (χ4v) is 6.34. The zero-order chi connectivity index (χ0) is 21.7. The zero-order valence-corrected chi connectivity index (χ0v) is 17.3. The molecule has 0 aromatic heterocycles. The minimum absolute atomic E-state index is 0.0121. The Balaban J connectivity index is 1.13. The molecule has 1 heterocycles. The van der Waals surface area contributed by atoms with E-state index in [0.717, 1.165) is 19.3 Å². The van der Waals surface area contributed by atoms with Crippen LogP contribution in [0.3, 0.4) is 0 Å². The molecule has 6 nitrogen and oxygen atoms in total. The first kappa shape index (κ1) is 20.3. The number of rotatable bonds is 5. The van der Waals surface area contributed by atoms with Gasteiger partial charge in [-0.15, -0.1) is 0 Å². The molecule has 3 aliphatic carbocycles. The van der Waals surface area contributed by atoms with Crippen LogP contribution < -0.4 is 0 Å². The van der Waals surface area contributed by atoms with E-state index in [1.165, 1.54) is 29.2 Å². The molecule has 1 saturated heterocycles. The number of hydrogen-bond donors (Lipinski definition) is 0. The highest BCUT2D eigenvalue weighted by Crippen LogP contribution is 2.56. The van der Waals surface area contributed by atoms with Crippen molar-refractivity contribution in [2.45, 2.75) is 51.0 Å². The second-order valence-electron chi connectivity index (χ2n) is 9.47. The summed E-state index contributed by atoms with van der Waals surface area (Å²) >= 11 is 0. The van der Waals surface area contributed by atoms with Gasteiger partial charge in [-0.1, -0.05) is 0 Å². The lowest BCUT2D eigenvalue weighted by atomic mass is 9.81. The van der Waals surface area contributed by atoms with Crippen LogP contribution in [0, 0.1) is 35.4 Å². The van der Waals surface area contributed by atoms with Gasteiger partial charge >= 0.3 is 5.97 Å². The number of Topliss-reactive ketones (excluding diaryl/α,β-unsaturated/α-hetero) is 1. The summed E-state index contributed by atoms with van der Waals surface area (Å²) in [5.41, 5.74) is 0.295. The van der Waals surface area contributed by atoms with E-state index in [1.807, 2.05) is 0 Å². The van der Waals surface area contributed by atoms with Crippen LogP contribution in [0.4, 0.5) is 4.39 Å². The van der Waals surface area contributed by atoms with Crippen molar-refractivity contribution in [1.29, 1.82) is 0 Å². The van der Waals surface area contributed by atoms with Crippen molar-refractivity contribution < 1.29 is 28.3 Å². The highest BCUT2D eigenvalue weighted by Gasteiger charge is 2.61. The number of hydrogen-bond acceptors (Lipinski definition) is 5. The molecule has 31 heavy (non-hydrogen) atoms. The number of carbonyl (C=O) groups is 4. The van der Waals surface area contributed by atoms with Crippen LogP contribution in [-0.4, -0.2) is 41.1 Å². The molecule has 0 N–H and O–H groups in total. The van der Waals surface area contributed by atoms with Gasteiger partial charge in [0.05, 0.1) is 17.8 Å². The fraction of sp³-hybridized carbons (Fsp3) is 0.583. The molecule has 1 aromatic rings. The van der Waals surface area contributed by atoms with Crippen molar-refractivity contribution in [3.8, 4) is 0 Å². The second kappa shape index (κ2) is 7.84. The predicted octanol–water partition coefficient (Wildman–Crippen LogP) is 3.14. The number of imide groups is 1. The number of benzene rings is 1. The number of likely N-dealkylation sites (tertiary alicyclic amines) is 1. The maximum atomic E-state index is 13.0. The lowest BCUT2D eigenvalue weighted by molar-refractivity contribution is -0.149. The van der Waals surface area contributed by atoms with Crippen molar-refractivity contribution in [3.05, 3.63) is 35.6 Å². The lowest BCUT2D eigenvalue weighted by Crippen LogP contribution is -2.44. The first-order valence-corrected chi connectivity index (χ1v) is 11.3. The Labute approximate surface area is 180 Å². The summed E-state index contributed by atoms with van der Waals surface area (Å²) in [6.45, 7) is -0.375. The topological polar surface area (TPSA) is 80.8 Å². The van der Waals surface area contributed by atoms with Crippen LogP contribution in [0.25, 0.3) is 0 Å². The molecule has 1 aliphatic heterocycles. The number of halogens is 1. The zero-order valence-electron chi connectivity index (χ0n) is 17.3. The average Bonchev–Trinajstić information content (AvgIpc) is 3.46. The average molecular weight is 427 g/mol. The number of esters is 1. The number of nitrogens with zero attached hydrogens (tertiary/aromatic N) is 1. The predicted molar refractivity (Wildman–Crippen MR) is 107 cm³/mol. The van der Waals surface area contributed by atoms with Gasteiger partial charge in [-0.05, 0) is 81.0 Å². The van der Waals surface area contributed by atoms with E-state index in [-0.39, 0.29) is 48.0 Å². The van der Waals surface area contributed by atoms with Crippen molar-refractivity contribution in [2.24, 2.45) is 29.6 Å². The Hall–Kier alpha value is -2.57. The van der Waals surface area contributed by atoms with Crippen molar-refractivity contribution in [2.75, 3.05) is 6.61 Å². The molecule has 5 rings (SSSR count). The molecule has 4 aliphatic rings. The molecule has 1 aromatic carbocycles. The van der Waals surface area contributed by atoms with Crippen LogP contribution >= 0.6 is 0 Å². The Kier molecular flexibility index (Phi) is 5.15. The smallest absolute Gasteiger partial charge is 0.309 e. The van der Waals surface area contributed by atoms with Gasteiger partial charge in [0.15, 0.2) is 12.4 Å². The summed E-state index contributed by atoms with van der Waals surface area (Å²) < 4.78 is 18.2. The van der Waals surface area contributed by atoms with Crippen molar-refractivity contribution in [1.82, 2.24) is 4.90 Å². The SMILES string of the molecule is O=C(COC(=O)C1CCC(N2C(=O)[C@H]3[C@@H]4CC[C@@H](C4)[C@@H]3C2=O)CC1)c1ccc(F)cc1. The van der Waals surface area contributed by atoms with Gasteiger partial charge in [-0.3, -0.25) is 24.1 Å². The first-order chi connectivity index (χ1) is 14.9. The molecule has 7 heteroatoms. The molecule has 2 amide bonds. The standard InChI is InChI=1S/C24H26FNO5/c25-17-7-3-13(4-8-17)19(27)12-31-24(30)14-5-9-18(10-6-14)26-22(28)20-15-1-2-16(11-15)21(20)23(26)29/h3-4,7-8,14-16,18,20-21H,1-2,5-6,9-12H2/t14?,15-,16+,18?,20-,21-/m0/s1. The van der Waals surface area contributed by atoms with Crippen LogP contribution in [0.2, 0.25) is 0 Å². The number of ketones is 1. The number of amides is 2. The third kappa shape index (κ3) is 3.48. The van der Waals surface area contributed by atoms with Gasteiger partial charge in [0.25, 0.3) is 0 Å². The van der Waals surface area contributed by atoms with Gasteiger partial charge in [-0.25, -0.2) is 4.39 Å².